The second kappa shape index (κ2) is 10.4. The monoisotopic (exact) mass is 448 g/mol. The molecule has 8 nitrogen and oxygen atoms in total. The van der Waals surface area contributed by atoms with Crippen molar-refractivity contribution in [3.63, 3.8) is 0 Å². The van der Waals surface area contributed by atoms with E-state index in [0.29, 0.717) is 22.6 Å². The van der Waals surface area contributed by atoms with Crippen LogP contribution < -0.4 is 15.4 Å². The van der Waals surface area contributed by atoms with Crippen LogP contribution in [0.3, 0.4) is 0 Å². The van der Waals surface area contributed by atoms with Gasteiger partial charge in [0.2, 0.25) is 11.5 Å². The Kier molecular flexibility index (Phi) is 7.42. The smallest absolute Gasteiger partial charge is 0.348 e. The fourth-order valence-electron chi connectivity index (χ4n) is 3.27. The van der Waals surface area contributed by atoms with Crippen LogP contribution in [0, 0.1) is 0 Å². The van der Waals surface area contributed by atoms with Crippen LogP contribution >= 0.6 is 0 Å². The third kappa shape index (κ3) is 5.55. The molecule has 0 aliphatic heterocycles. The maximum atomic E-state index is 13.0. The highest BCUT2D eigenvalue weighted by Crippen LogP contribution is 2.31. The summed E-state index contributed by atoms with van der Waals surface area (Å²) < 4.78 is 10.4. The first-order valence-electron chi connectivity index (χ1n) is 10.1. The number of carbonyl (C=O) groups is 3. The number of aliphatic hydroxyl groups is 1. The minimum Gasteiger partial charge on any atom is -0.495 e. The average Bonchev–Trinajstić information content (AvgIpc) is 2.83. The quantitative estimate of drug-likeness (QED) is 0.457. The van der Waals surface area contributed by atoms with E-state index in [1.807, 2.05) is 0 Å². The van der Waals surface area contributed by atoms with Gasteiger partial charge in [0.1, 0.15) is 5.75 Å². The van der Waals surface area contributed by atoms with Gasteiger partial charge in [-0.05, 0) is 29.3 Å². The lowest BCUT2D eigenvalue weighted by Crippen LogP contribution is -2.39. The number of anilines is 2. The fraction of sp³-hybridized carbons (Fsp3) is 0.160. The van der Waals surface area contributed by atoms with Crippen LogP contribution in [0.15, 0.2) is 78.9 Å². The van der Waals surface area contributed by atoms with Gasteiger partial charge in [-0.2, -0.15) is 0 Å². The van der Waals surface area contributed by atoms with Crippen LogP contribution in [0.2, 0.25) is 0 Å². The zero-order valence-electron chi connectivity index (χ0n) is 18.2. The first-order valence-corrected chi connectivity index (χ1v) is 10.1. The Bertz CT molecular complexity index is 1090. The Morgan fingerprint density at radius 2 is 1.45 bits per heavy atom. The van der Waals surface area contributed by atoms with Crippen molar-refractivity contribution in [2.24, 2.45) is 0 Å². The summed E-state index contributed by atoms with van der Waals surface area (Å²) >= 11 is 0. The van der Waals surface area contributed by atoms with Crippen LogP contribution in [0.1, 0.15) is 18.1 Å². The lowest BCUT2D eigenvalue weighted by atomic mass is 9.86. The average molecular weight is 448 g/mol. The van der Waals surface area contributed by atoms with Crippen LogP contribution in [-0.4, -0.2) is 36.6 Å². The molecule has 0 spiro atoms. The summed E-state index contributed by atoms with van der Waals surface area (Å²) in [6.45, 7) is 0.719. The lowest BCUT2D eigenvalue weighted by Gasteiger charge is -2.27. The summed E-state index contributed by atoms with van der Waals surface area (Å²) in [6, 6.07) is 21.4. The van der Waals surface area contributed by atoms with Crippen LogP contribution in [0.5, 0.6) is 5.75 Å². The Balaban J connectivity index is 1.76. The van der Waals surface area contributed by atoms with Crippen molar-refractivity contribution in [1.82, 2.24) is 0 Å². The Morgan fingerprint density at radius 3 is 1.97 bits per heavy atom. The van der Waals surface area contributed by atoms with Gasteiger partial charge in [0.05, 0.1) is 12.8 Å². The number of benzene rings is 3. The first-order chi connectivity index (χ1) is 15.8. The lowest BCUT2D eigenvalue weighted by molar-refractivity contribution is -0.163. The number of methoxy groups -OCH3 is 1. The molecule has 2 amide bonds. The second-order valence-corrected chi connectivity index (χ2v) is 7.16. The third-order valence-corrected chi connectivity index (χ3v) is 4.81. The van der Waals surface area contributed by atoms with Crippen LogP contribution in [-0.2, 0) is 24.7 Å². The van der Waals surface area contributed by atoms with Gasteiger partial charge in [0.25, 0.3) is 5.91 Å². The molecule has 0 unspecified atom stereocenters. The summed E-state index contributed by atoms with van der Waals surface area (Å²) in [5.74, 6) is -1.56. The molecule has 0 saturated carbocycles. The zero-order valence-corrected chi connectivity index (χ0v) is 18.2. The van der Waals surface area contributed by atoms with E-state index in [1.54, 1.807) is 72.8 Å². The van der Waals surface area contributed by atoms with E-state index >= 15 is 0 Å². The van der Waals surface area contributed by atoms with Crippen molar-refractivity contribution in [1.29, 1.82) is 0 Å². The molecule has 0 aromatic heterocycles. The maximum Gasteiger partial charge on any atom is 0.348 e. The van der Waals surface area contributed by atoms with Gasteiger partial charge in [-0.3, -0.25) is 9.59 Å². The molecule has 0 heterocycles. The second-order valence-electron chi connectivity index (χ2n) is 7.16. The number of amides is 2. The summed E-state index contributed by atoms with van der Waals surface area (Å²) in [5.41, 5.74) is -0.729. The number of hydrogen-bond acceptors (Lipinski definition) is 6. The molecule has 33 heavy (non-hydrogen) atoms. The highest BCUT2D eigenvalue weighted by Gasteiger charge is 2.41. The first kappa shape index (κ1) is 23.5. The number of rotatable bonds is 8. The number of carbonyl (C=O) groups excluding carboxylic acids is 3. The summed E-state index contributed by atoms with van der Waals surface area (Å²) in [7, 11) is 1.43. The number of esters is 1. The predicted octanol–water partition coefficient (Wildman–Crippen LogP) is 3.07. The molecule has 3 aromatic rings. The molecule has 3 N–H and O–H groups in total. The minimum atomic E-state index is -2.09. The predicted molar refractivity (Wildman–Crippen MR) is 123 cm³/mol. The molecule has 0 bridgehead atoms. The summed E-state index contributed by atoms with van der Waals surface area (Å²) in [5, 5.41) is 16.6. The minimum absolute atomic E-state index is 0.271. The van der Waals surface area contributed by atoms with E-state index in [2.05, 4.69) is 10.6 Å². The van der Waals surface area contributed by atoms with Crippen molar-refractivity contribution in [2.75, 3.05) is 24.4 Å². The Hall–Kier alpha value is -4.17. The molecule has 0 radical (unpaired) electrons. The van der Waals surface area contributed by atoms with E-state index in [1.165, 1.54) is 20.1 Å². The molecule has 8 heteroatoms. The van der Waals surface area contributed by atoms with Crippen LogP contribution in [0.4, 0.5) is 11.4 Å². The Morgan fingerprint density at radius 1 is 0.879 bits per heavy atom. The standard InChI is InChI=1S/C25H24N2O6/c1-17(28)26-20-13-14-22(32-2)21(15-20)27-23(29)16-33-24(30)25(31,18-9-5-3-6-10-18)19-11-7-4-8-12-19/h3-15,31H,16H2,1-2H3,(H,26,28)(H,27,29). The van der Waals surface area contributed by atoms with Gasteiger partial charge in [-0.15, -0.1) is 0 Å². The molecule has 0 aliphatic carbocycles. The molecule has 170 valence electrons. The molecule has 0 saturated heterocycles. The van der Waals surface area contributed by atoms with Crippen molar-refractivity contribution >= 4 is 29.2 Å². The topological polar surface area (TPSA) is 114 Å². The summed E-state index contributed by atoms with van der Waals surface area (Å²) in [4.78, 5) is 36.8. The van der Waals surface area contributed by atoms with Gasteiger partial charge in [0.15, 0.2) is 6.61 Å². The fourth-order valence-corrected chi connectivity index (χ4v) is 3.27. The molecular weight excluding hydrogens is 424 g/mol. The van der Waals surface area contributed by atoms with Crippen molar-refractivity contribution in [3.05, 3.63) is 90.0 Å². The molecule has 0 atom stereocenters. The van der Waals surface area contributed by atoms with Crippen molar-refractivity contribution in [3.8, 4) is 5.75 Å². The number of nitrogens with one attached hydrogen (secondary N) is 2. The largest absolute Gasteiger partial charge is 0.495 e. The van der Waals surface area contributed by atoms with Gasteiger partial charge >= 0.3 is 5.97 Å². The molecule has 0 aliphatic rings. The highest BCUT2D eigenvalue weighted by molar-refractivity contribution is 5.97. The maximum absolute atomic E-state index is 13.0. The molecule has 0 fully saturated rings. The molecular formula is C25H24N2O6. The number of hydrogen-bond donors (Lipinski definition) is 3. The number of ether oxygens (including phenoxy) is 2. The van der Waals surface area contributed by atoms with Gasteiger partial charge < -0.3 is 25.2 Å². The SMILES string of the molecule is COc1ccc(NC(C)=O)cc1NC(=O)COC(=O)C(O)(c1ccccc1)c1ccccc1. The summed E-state index contributed by atoms with van der Waals surface area (Å²) in [6.07, 6.45) is 0. The van der Waals surface area contributed by atoms with Crippen LogP contribution in [0.25, 0.3) is 0 Å². The molecule has 3 aromatic carbocycles. The third-order valence-electron chi connectivity index (χ3n) is 4.81. The van der Waals surface area contributed by atoms with Crippen molar-refractivity contribution < 1.29 is 29.0 Å². The van der Waals surface area contributed by atoms with Gasteiger partial charge in [-0.1, -0.05) is 60.7 Å². The highest BCUT2D eigenvalue weighted by atomic mass is 16.6. The van der Waals surface area contributed by atoms with E-state index in [4.69, 9.17) is 9.47 Å². The Labute approximate surface area is 191 Å². The van der Waals surface area contributed by atoms with E-state index in [-0.39, 0.29) is 11.6 Å². The van der Waals surface area contributed by atoms with Gasteiger partial charge in [-0.25, -0.2) is 4.79 Å². The zero-order chi connectivity index (χ0) is 23.8. The van der Waals surface area contributed by atoms with Gasteiger partial charge in [0, 0.05) is 12.6 Å². The van der Waals surface area contributed by atoms with E-state index in [9.17, 15) is 19.5 Å². The normalized spacial score (nSPS) is 10.8. The molecule has 3 rings (SSSR count). The van der Waals surface area contributed by atoms with Crippen molar-refractivity contribution in [2.45, 2.75) is 12.5 Å². The van der Waals surface area contributed by atoms with E-state index in [0.717, 1.165) is 0 Å². The van der Waals surface area contributed by atoms with E-state index < -0.39 is 24.1 Å².